The van der Waals surface area contributed by atoms with Crippen LogP contribution in [0.5, 0.6) is 23.0 Å². The molecule has 534 valence electrons. The average molecular weight is 1300 g/mol. The molecule has 0 fully saturated rings. The second-order valence-corrected chi connectivity index (χ2v) is 28.3. The molecule has 8 nitrogen and oxygen atoms in total. The molecule has 0 aliphatic rings. The van der Waals surface area contributed by atoms with Gasteiger partial charge in [0.1, 0.15) is 0 Å². The van der Waals surface area contributed by atoms with Gasteiger partial charge in [-0.15, -0.1) is 0 Å². The number of benzene rings is 2. The van der Waals surface area contributed by atoms with Crippen LogP contribution < -0.4 is 18.9 Å². The number of hydrogen-bond acceptors (Lipinski definition) is 6. The van der Waals surface area contributed by atoms with Crippen molar-refractivity contribution in [3.05, 3.63) is 83.2 Å². The Morgan fingerprint density at radius 3 is 0.638 bits per heavy atom. The zero-order chi connectivity index (χ0) is 66.7. The topological polar surface area (TPSA) is 103 Å². The Bertz CT molecular complexity index is 2220. The van der Waals surface area contributed by atoms with Crippen molar-refractivity contribution in [1.82, 2.24) is 9.97 Å². The highest BCUT2D eigenvalue weighted by molar-refractivity contribution is 6.09. The van der Waals surface area contributed by atoms with Crippen LogP contribution in [0.1, 0.15) is 419 Å². The van der Waals surface area contributed by atoms with Gasteiger partial charge in [0.2, 0.25) is 11.6 Å². The van der Waals surface area contributed by atoms with Gasteiger partial charge in [-0.3, -0.25) is 9.59 Å². The number of aromatic nitrogens is 2. The fraction of sp³-hybridized carbons (Fsp3) is 0.744. The molecular weight excluding hydrogens is 1160 g/mol. The van der Waals surface area contributed by atoms with Gasteiger partial charge >= 0.3 is 0 Å². The van der Waals surface area contributed by atoms with Crippen molar-refractivity contribution in [3.63, 3.8) is 0 Å². The summed E-state index contributed by atoms with van der Waals surface area (Å²) in [5.74, 6) is 2.44. The third-order valence-corrected chi connectivity index (χ3v) is 19.6. The van der Waals surface area contributed by atoms with Crippen LogP contribution in [0.25, 0.3) is 11.4 Å². The van der Waals surface area contributed by atoms with Crippen LogP contribution in [0.2, 0.25) is 0 Å². The maximum Gasteiger partial charge on any atom is 0.209 e. The van der Waals surface area contributed by atoms with E-state index in [2.05, 4.69) is 37.7 Å². The maximum absolute atomic E-state index is 14.2. The van der Waals surface area contributed by atoms with Gasteiger partial charge in [0.05, 0.1) is 49.2 Å². The molecule has 0 aliphatic carbocycles. The number of H-pyrrole nitrogens is 2. The number of rotatable bonds is 69. The van der Waals surface area contributed by atoms with Crippen LogP contribution in [-0.2, 0) is 0 Å². The molecule has 0 spiro atoms. The highest BCUT2D eigenvalue weighted by atomic mass is 16.5. The fourth-order valence-corrected chi connectivity index (χ4v) is 13.4. The number of carbonyl (C=O) groups is 2. The van der Waals surface area contributed by atoms with Gasteiger partial charge in [0.15, 0.2) is 23.0 Å². The first-order valence-electron chi connectivity index (χ1n) is 40.8. The summed E-state index contributed by atoms with van der Waals surface area (Å²) in [4.78, 5) is 35.2. The van der Waals surface area contributed by atoms with Crippen LogP contribution >= 0.6 is 0 Å². The van der Waals surface area contributed by atoms with Gasteiger partial charge < -0.3 is 28.9 Å². The lowest BCUT2D eigenvalue weighted by Crippen LogP contribution is -2.06. The van der Waals surface area contributed by atoms with E-state index in [0.29, 0.717) is 71.9 Å². The molecule has 0 saturated carbocycles. The standard InChI is InChI=1S/C86H144N2O6/c1-5-9-13-17-21-25-29-33-37-41-45-49-53-57-69-91-81-67-61-75(73-83(81)93-71-59-55-51-47-43-39-35-31-27-23-19-15-11-7-3)85(89)79-65-63-77(87-79)78-64-66-80(88-78)86(90)76-62-68-82(92-70-58-54-50-46-42-38-34-30-26-22-18-14-10-6-2)84(74-76)94-72-60-56-52-48-44-40-36-32-28-24-20-16-12-8-4/h61-68,73-74,87-88H,5-60,69-72H2,1-4H3. The van der Waals surface area contributed by atoms with Crippen LogP contribution in [0.15, 0.2) is 60.7 Å². The molecule has 2 aromatic heterocycles. The van der Waals surface area contributed by atoms with Gasteiger partial charge in [0.25, 0.3) is 0 Å². The van der Waals surface area contributed by atoms with E-state index in [0.717, 1.165) is 62.8 Å². The second kappa shape index (κ2) is 58.7. The Kier molecular flexibility index (Phi) is 51.2. The molecule has 0 bridgehead atoms. The van der Waals surface area contributed by atoms with Gasteiger partial charge in [-0.05, 0) is 86.3 Å². The molecule has 4 rings (SSSR count). The molecule has 8 heteroatoms. The van der Waals surface area contributed by atoms with E-state index in [-0.39, 0.29) is 11.6 Å². The number of ether oxygens (including phenoxy) is 4. The number of ketones is 2. The van der Waals surface area contributed by atoms with Crippen LogP contribution in [0.3, 0.4) is 0 Å². The third-order valence-electron chi connectivity index (χ3n) is 19.6. The number of aromatic amines is 2. The molecular formula is C86H144N2O6. The lowest BCUT2D eigenvalue weighted by Gasteiger charge is -2.14. The van der Waals surface area contributed by atoms with Gasteiger partial charge in [-0.2, -0.15) is 0 Å². The van der Waals surface area contributed by atoms with Crippen molar-refractivity contribution in [1.29, 1.82) is 0 Å². The summed E-state index contributed by atoms with van der Waals surface area (Å²) in [6.45, 7) is 11.6. The molecule has 0 aliphatic heterocycles. The van der Waals surface area contributed by atoms with E-state index >= 15 is 0 Å². The SMILES string of the molecule is CCCCCCCCCCCCCCCCOc1ccc(C(=O)c2ccc(-c3ccc(C(=O)c4ccc(OCCCCCCCCCCCCCCCC)c(OCCCCCCCCCCCCCCCC)c4)[nH]3)[nH]2)cc1OCCCCCCCCCCCCCCCC. The number of unbranched alkanes of at least 4 members (excludes halogenated alkanes) is 52. The maximum atomic E-state index is 14.2. The summed E-state index contributed by atoms with van der Waals surface area (Å²) >= 11 is 0. The highest BCUT2D eigenvalue weighted by Gasteiger charge is 2.20. The van der Waals surface area contributed by atoms with Crippen molar-refractivity contribution in [2.45, 2.75) is 387 Å². The predicted octanol–water partition coefficient (Wildman–Crippen LogP) is 27.9. The summed E-state index contributed by atoms with van der Waals surface area (Å²) in [5, 5.41) is 0. The molecule has 0 radical (unpaired) electrons. The summed E-state index contributed by atoms with van der Waals surface area (Å²) < 4.78 is 25.8. The normalized spacial score (nSPS) is 11.5. The number of nitrogens with one attached hydrogen (secondary N) is 2. The Morgan fingerprint density at radius 1 is 0.234 bits per heavy atom. The van der Waals surface area contributed by atoms with Crippen molar-refractivity contribution in [3.8, 4) is 34.4 Å². The minimum atomic E-state index is -0.123. The Morgan fingerprint density at radius 2 is 0.426 bits per heavy atom. The quantitative estimate of drug-likeness (QED) is 0.0337. The summed E-state index contributed by atoms with van der Waals surface area (Å²) in [5.41, 5.74) is 3.49. The average Bonchev–Trinajstić information content (AvgIpc) is 1.68. The smallest absolute Gasteiger partial charge is 0.209 e. The third kappa shape index (κ3) is 40.3. The predicted molar refractivity (Wildman–Crippen MR) is 404 cm³/mol. The van der Waals surface area contributed by atoms with Crippen molar-refractivity contribution in [2.24, 2.45) is 0 Å². The zero-order valence-corrected chi connectivity index (χ0v) is 61.6. The number of carbonyl (C=O) groups excluding carboxylic acids is 2. The van der Waals surface area contributed by atoms with Gasteiger partial charge in [0, 0.05) is 11.1 Å². The monoisotopic (exact) mass is 1300 g/mol. The largest absolute Gasteiger partial charge is 0.490 e. The Labute approximate surface area is 578 Å². The molecule has 0 unspecified atom stereocenters. The summed E-state index contributed by atoms with van der Waals surface area (Å²) in [7, 11) is 0. The zero-order valence-electron chi connectivity index (χ0n) is 61.6. The van der Waals surface area contributed by atoms with Crippen LogP contribution in [-0.4, -0.2) is 48.0 Å². The second-order valence-electron chi connectivity index (χ2n) is 28.3. The molecule has 0 saturated heterocycles. The number of hydrogen-bond donors (Lipinski definition) is 2. The van der Waals surface area contributed by atoms with Gasteiger partial charge in [-0.1, -0.05) is 362 Å². The first-order chi connectivity index (χ1) is 46.5. The lowest BCUT2D eigenvalue weighted by molar-refractivity contribution is 0.102. The highest BCUT2D eigenvalue weighted by Crippen LogP contribution is 2.33. The van der Waals surface area contributed by atoms with Crippen LogP contribution in [0.4, 0.5) is 0 Å². The molecule has 0 amide bonds. The van der Waals surface area contributed by atoms with Crippen molar-refractivity contribution < 1.29 is 28.5 Å². The molecule has 2 heterocycles. The van der Waals surface area contributed by atoms with E-state index in [1.807, 2.05) is 60.7 Å². The van der Waals surface area contributed by atoms with Crippen molar-refractivity contribution >= 4 is 11.6 Å². The molecule has 0 atom stereocenters. The molecule has 4 aromatic rings. The first-order valence-corrected chi connectivity index (χ1v) is 40.8. The van der Waals surface area contributed by atoms with E-state index in [1.54, 1.807) is 0 Å². The summed E-state index contributed by atoms with van der Waals surface area (Å²) in [6, 6.07) is 18.8. The van der Waals surface area contributed by atoms with Crippen molar-refractivity contribution in [2.75, 3.05) is 26.4 Å². The first kappa shape index (κ1) is 82.0. The van der Waals surface area contributed by atoms with E-state index < -0.39 is 0 Å². The Balaban J connectivity index is 1.30. The molecule has 2 aromatic carbocycles. The van der Waals surface area contributed by atoms with E-state index in [4.69, 9.17) is 18.9 Å². The minimum absolute atomic E-state index is 0.123. The fourth-order valence-electron chi connectivity index (χ4n) is 13.4. The van der Waals surface area contributed by atoms with E-state index in [9.17, 15) is 9.59 Å². The summed E-state index contributed by atoms with van der Waals surface area (Å²) in [6.07, 6.45) is 73.7. The Hall–Kier alpha value is -4.46. The van der Waals surface area contributed by atoms with E-state index in [1.165, 1.54) is 308 Å². The van der Waals surface area contributed by atoms with Crippen LogP contribution in [0, 0.1) is 0 Å². The van der Waals surface area contributed by atoms with Gasteiger partial charge in [-0.25, -0.2) is 0 Å². The molecule has 94 heavy (non-hydrogen) atoms. The lowest BCUT2D eigenvalue weighted by atomic mass is 10.0. The molecule has 2 N–H and O–H groups in total. The minimum Gasteiger partial charge on any atom is -0.490 e.